The van der Waals surface area contributed by atoms with Crippen molar-refractivity contribution in [2.24, 2.45) is 0 Å². The Hall–Kier alpha value is -2.25. The summed E-state index contributed by atoms with van der Waals surface area (Å²) in [6.07, 6.45) is -1.10. The molecule has 0 saturated carbocycles. The highest BCUT2D eigenvalue weighted by Crippen LogP contribution is 2.31. The number of benzene rings is 1. The van der Waals surface area contributed by atoms with Gasteiger partial charge in [-0.05, 0) is 32.0 Å². The standard InChI is InChI=1S/C17H19Cl2NO6/c1-5-24-16(22)13(15(21)20(3)4)14(26-17(23)25-6-2)11-8-7-10(18)9-12(11)19/h7-9H,5-6H2,1-4H3. The molecule has 1 aromatic carbocycles. The Morgan fingerprint density at radius 2 is 1.65 bits per heavy atom. The van der Waals surface area contributed by atoms with Crippen LogP contribution in [0, 0.1) is 0 Å². The van der Waals surface area contributed by atoms with Crippen molar-refractivity contribution in [3.8, 4) is 0 Å². The molecule has 0 aliphatic heterocycles. The van der Waals surface area contributed by atoms with Gasteiger partial charge in [0, 0.05) is 24.7 Å². The quantitative estimate of drug-likeness (QED) is 0.237. The van der Waals surface area contributed by atoms with Gasteiger partial charge < -0.3 is 19.1 Å². The van der Waals surface area contributed by atoms with Crippen molar-refractivity contribution in [2.75, 3.05) is 27.3 Å². The molecule has 0 spiro atoms. The fraction of sp³-hybridized carbons (Fsp3) is 0.353. The highest BCUT2D eigenvalue weighted by atomic mass is 35.5. The van der Waals surface area contributed by atoms with Crippen LogP contribution < -0.4 is 0 Å². The van der Waals surface area contributed by atoms with Crippen molar-refractivity contribution in [3.05, 3.63) is 39.4 Å². The topological polar surface area (TPSA) is 82.1 Å². The van der Waals surface area contributed by atoms with E-state index in [0.29, 0.717) is 5.02 Å². The first kappa shape index (κ1) is 21.8. The van der Waals surface area contributed by atoms with Crippen LogP contribution in [0.3, 0.4) is 0 Å². The van der Waals surface area contributed by atoms with E-state index in [-0.39, 0.29) is 29.6 Å². The predicted molar refractivity (Wildman–Crippen MR) is 96.8 cm³/mol. The SMILES string of the molecule is CCOC(=O)OC(=C(C(=O)OCC)C(=O)N(C)C)c1ccc(Cl)cc1Cl. The maximum atomic E-state index is 12.6. The van der Waals surface area contributed by atoms with Crippen LogP contribution in [0.15, 0.2) is 23.8 Å². The molecule has 0 saturated heterocycles. The normalized spacial score (nSPS) is 11.3. The summed E-state index contributed by atoms with van der Waals surface area (Å²) >= 11 is 12.0. The Kier molecular flexibility index (Phi) is 8.41. The second-order valence-corrected chi connectivity index (χ2v) is 5.88. The van der Waals surface area contributed by atoms with Crippen molar-refractivity contribution >= 4 is 47.0 Å². The van der Waals surface area contributed by atoms with Gasteiger partial charge in [-0.15, -0.1) is 0 Å². The lowest BCUT2D eigenvalue weighted by atomic mass is 10.1. The van der Waals surface area contributed by atoms with E-state index in [2.05, 4.69) is 0 Å². The smallest absolute Gasteiger partial charge is 0.462 e. The summed E-state index contributed by atoms with van der Waals surface area (Å²) < 4.78 is 14.8. The molecule has 0 aromatic heterocycles. The molecule has 142 valence electrons. The lowest BCUT2D eigenvalue weighted by Gasteiger charge is -2.18. The van der Waals surface area contributed by atoms with Gasteiger partial charge in [0.25, 0.3) is 5.91 Å². The molecule has 0 aliphatic carbocycles. The molecule has 9 heteroatoms. The Morgan fingerprint density at radius 1 is 1.04 bits per heavy atom. The number of nitrogens with zero attached hydrogens (tertiary/aromatic N) is 1. The van der Waals surface area contributed by atoms with Crippen LogP contribution in [0.5, 0.6) is 0 Å². The summed E-state index contributed by atoms with van der Waals surface area (Å²) in [7, 11) is 2.88. The summed E-state index contributed by atoms with van der Waals surface area (Å²) in [5, 5.41) is 0.399. The first-order valence-corrected chi connectivity index (χ1v) is 8.41. The number of hydrogen-bond donors (Lipinski definition) is 0. The minimum absolute atomic E-state index is 0.0179. The highest BCUT2D eigenvalue weighted by Gasteiger charge is 2.31. The van der Waals surface area contributed by atoms with Crippen LogP contribution in [0.1, 0.15) is 19.4 Å². The molecule has 0 bridgehead atoms. The Balaban J connectivity index is 3.67. The molecule has 0 radical (unpaired) electrons. The van der Waals surface area contributed by atoms with Crippen molar-refractivity contribution in [1.82, 2.24) is 4.90 Å². The van der Waals surface area contributed by atoms with Gasteiger partial charge in [0.1, 0.15) is 0 Å². The third-order valence-electron chi connectivity index (χ3n) is 2.95. The third-order valence-corrected chi connectivity index (χ3v) is 3.50. The van der Waals surface area contributed by atoms with Gasteiger partial charge >= 0.3 is 12.1 Å². The second kappa shape index (κ2) is 10.0. The van der Waals surface area contributed by atoms with E-state index in [4.69, 9.17) is 37.4 Å². The highest BCUT2D eigenvalue weighted by molar-refractivity contribution is 6.36. The number of likely N-dealkylation sites (N-methyl/N-ethyl adjacent to an activating group) is 1. The molecular weight excluding hydrogens is 385 g/mol. The fourth-order valence-electron chi connectivity index (χ4n) is 1.85. The number of hydrogen-bond acceptors (Lipinski definition) is 6. The van der Waals surface area contributed by atoms with Gasteiger partial charge in [-0.3, -0.25) is 4.79 Å². The Bertz CT molecular complexity index is 730. The van der Waals surface area contributed by atoms with Crippen molar-refractivity contribution in [2.45, 2.75) is 13.8 Å². The zero-order chi connectivity index (χ0) is 19.9. The third kappa shape index (κ3) is 5.64. The summed E-state index contributed by atoms with van der Waals surface area (Å²) in [4.78, 5) is 38.0. The van der Waals surface area contributed by atoms with Crippen LogP contribution in [0.2, 0.25) is 10.0 Å². The summed E-state index contributed by atoms with van der Waals surface area (Å²) in [5.74, 6) is -2.06. The molecule has 0 unspecified atom stereocenters. The minimum Gasteiger partial charge on any atom is -0.462 e. The van der Waals surface area contributed by atoms with Crippen molar-refractivity contribution < 1.29 is 28.6 Å². The average Bonchev–Trinajstić information content (AvgIpc) is 2.54. The van der Waals surface area contributed by atoms with Gasteiger partial charge in [-0.1, -0.05) is 23.2 Å². The van der Waals surface area contributed by atoms with Crippen molar-refractivity contribution in [3.63, 3.8) is 0 Å². The van der Waals surface area contributed by atoms with Crippen LogP contribution >= 0.6 is 23.2 Å². The maximum absolute atomic E-state index is 12.6. The molecule has 0 heterocycles. The number of carbonyl (C=O) groups is 3. The monoisotopic (exact) mass is 403 g/mol. The molecule has 1 amide bonds. The molecule has 0 aliphatic rings. The Morgan fingerprint density at radius 3 is 2.15 bits per heavy atom. The lowest BCUT2D eigenvalue weighted by Crippen LogP contribution is -2.30. The van der Waals surface area contributed by atoms with Gasteiger partial charge in [0.05, 0.1) is 18.2 Å². The summed E-state index contributed by atoms with van der Waals surface area (Å²) in [5.41, 5.74) is -0.378. The van der Waals surface area contributed by atoms with Gasteiger partial charge in [-0.2, -0.15) is 0 Å². The van der Waals surface area contributed by atoms with Crippen LogP contribution in [0.4, 0.5) is 4.79 Å². The zero-order valence-corrected chi connectivity index (χ0v) is 16.3. The summed E-state index contributed by atoms with van der Waals surface area (Å²) in [6.45, 7) is 3.22. The van der Waals surface area contributed by atoms with Crippen LogP contribution in [-0.4, -0.2) is 50.2 Å². The first-order valence-electron chi connectivity index (χ1n) is 7.65. The van der Waals surface area contributed by atoms with E-state index in [1.54, 1.807) is 13.8 Å². The van der Waals surface area contributed by atoms with Gasteiger partial charge in [-0.25, -0.2) is 9.59 Å². The number of amides is 1. The molecule has 0 N–H and O–H groups in total. The maximum Gasteiger partial charge on any atom is 0.513 e. The minimum atomic E-state index is -1.10. The van der Waals surface area contributed by atoms with E-state index in [9.17, 15) is 14.4 Å². The van der Waals surface area contributed by atoms with Crippen LogP contribution in [-0.2, 0) is 23.8 Å². The van der Waals surface area contributed by atoms with Gasteiger partial charge in [0.2, 0.25) is 0 Å². The first-order chi connectivity index (χ1) is 12.2. The van der Waals surface area contributed by atoms with E-state index in [1.807, 2.05) is 0 Å². The predicted octanol–water partition coefficient (Wildman–Crippen LogP) is 3.53. The molecule has 0 fully saturated rings. The van der Waals surface area contributed by atoms with E-state index < -0.39 is 23.6 Å². The number of carbonyl (C=O) groups excluding carboxylic acids is 3. The number of halogens is 2. The molecular formula is C17H19Cl2NO6. The number of ether oxygens (including phenoxy) is 3. The number of rotatable bonds is 6. The van der Waals surface area contributed by atoms with Crippen molar-refractivity contribution in [1.29, 1.82) is 0 Å². The molecule has 1 aromatic rings. The van der Waals surface area contributed by atoms with Gasteiger partial charge in [0.15, 0.2) is 11.3 Å². The largest absolute Gasteiger partial charge is 0.513 e. The number of esters is 1. The zero-order valence-electron chi connectivity index (χ0n) is 14.8. The second-order valence-electron chi connectivity index (χ2n) is 5.03. The lowest BCUT2D eigenvalue weighted by molar-refractivity contribution is -0.141. The summed E-state index contributed by atoms with van der Waals surface area (Å²) in [6, 6.07) is 4.28. The van der Waals surface area contributed by atoms with E-state index >= 15 is 0 Å². The average molecular weight is 404 g/mol. The molecule has 26 heavy (non-hydrogen) atoms. The van der Waals surface area contributed by atoms with E-state index in [1.165, 1.54) is 32.3 Å². The molecule has 1 rings (SSSR count). The fourth-order valence-corrected chi connectivity index (χ4v) is 2.34. The molecule has 0 atom stereocenters. The van der Waals surface area contributed by atoms with E-state index in [0.717, 1.165) is 4.90 Å². The van der Waals surface area contributed by atoms with Crippen LogP contribution in [0.25, 0.3) is 5.76 Å². The molecule has 7 nitrogen and oxygen atoms in total. The Labute approximate surface area is 161 Å².